The van der Waals surface area contributed by atoms with Crippen LogP contribution in [0.2, 0.25) is 0 Å². The largest absolute Gasteiger partial charge is 0.445 e. The van der Waals surface area contributed by atoms with Crippen molar-refractivity contribution in [2.24, 2.45) is 0 Å². The normalized spacial score (nSPS) is 14.1. The van der Waals surface area contributed by atoms with Gasteiger partial charge < -0.3 is 36.2 Å². The molecular formula is C31H48N6O7. The minimum atomic E-state index is -1.49. The highest BCUT2D eigenvalue weighted by molar-refractivity contribution is 6.00. The number of hydrogen-bond donors (Lipinski definition) is 5. The fraction of sp³-hybridized carbons (Fsp3) is 0.613. The number of carbonyl (C=O) groups is 6. The van der Waals surface area contributed by atoms with E-state index in [1.54, 1.807) is 30.9 Å². The predicted octanol–water partition coefficient (Wildman–Crippen LogP) is 1.50. The van der Waals surface area contributed by atoms with Crippen LogP contribution in [0.15, 0.2) is 30.3 Å². The Balaban J connectivity index is 1.89. The average molecular weight is 617 g/mol. The molecule has 0 spiro atoms. The second kappa shape index (κ2) is 14.5. The Bertz CT molecular complexity index is 1220. The minimum absolute atomic E-state index is 0.0340. The van der Waals surface area contributed by atoms with Crippen molar-refractivity contribution in [2.75, 3.05) is 19.6 Å². The zero-order chi connectivity index (χ0) is 33.3. The lowest BCUT2D eigenvalue weighted by Gasteiger charge is -2.38. The molecule has 1 aromatic rings. The third-order valence-electron chi connectivity index (χ3n) is 7.22. The lowest BCUT2D eigenvalue weighted by molar-refractivity contribution is -0.144. The summed E-state index contributed by atoms with van der Waals surface area (Å²) in [5.74, 6) is -2.73. The van der Waals surface area contributed by atoms with E-state index >= 15 is 0 Å². The number of ether oxygens (including phenoxy) is 1. The molecule has 1 aromatic carbocycles. The topological polar surface area (TPSA) is 175 Å². The summed E-state index contributed by atoms with van der Waals surface area (Å²) in [5, 5.41) is 12.9. The summed E-state index contributed by atoms with van der Waals surface area (Å²) < 4.78 is 5.07. The zero-order valence-electron chi connectivity index (χ0n) is 27.1. The number of alkyl carbamates (subject to hydrolysis) is 1. The molecule has 0 aliphatic carbocycles. The quantitative estimate of drug-likeness (QED) is 0.237. The molecule has 0 aromatic heterocycles. The van der Waals surface area contributed by atoms with Crippen LogP contribution in [-0.4, -0.2) is 82.3 Å². The third-order valence-corrected chi connectivity index (χ3v) is 7.22. The van der Waals surface area contributed by atoms with Crippen LogP contribution in [0.4, 0.5) is 4.79 Å². The summed E-state index contributed by atoms with van der Waals surface area (Å²) in [6, 6.07) is 9.03. The second-order valence-electron chi connectivity index (χ2n) is 13.2. The standard InChI is InChI=1S/C31H48N6O7/c1-28(2,33-22(38)19-32-27(43)44-20-21-15-11-9-12-16-21)23(39)34-29(3,4)24(40)35-30(5,6)25(41)36-31(7,8)26(42)37-17-13-10-14-18-37/h9,11-12,15-16H,10,13-14,17-20H2,1-8H3,(H,32,43)(H,33,38)(H,34,39)(H,35,40)(H,36,41). The Labute approximate surface area is 259 Å². The Hall–Kier alpha value is -4.16. The van der Waals surface area contributed by atoms with Crippen molar-refractivity contribution in [3.05, 3.63) is 35.9 Å². The average Bonchev–Trinajstić information content (AvgIpc) is 2.94. The molecule has 0 unspecified atom stereocenters. The SMILES string of the molecule is CC(C)(NC(=O)CNC(=O)OCc1ccccc1)C(=O)NC(C)(C)C(=O)NC(C)(C)C(=O)NC(C)(C)C(=O)N1CCCCC1. The number of carbonyl (C=O) groups excluding carboxylic acids is 6. The number of hydrogen-bond acceptors (Lipinski definition) is 7. The molecule has 13 nitrogen and oxygen atoms in total. The fourth-order valence-electron chi connectivity index (χ4n) is 4.36. The first kappa shape index (κ1) is 36.0. The van der Waals surface area contributed by atoms with Gasteiger partial charge in [-0.3, -0.25) is 24.0 Å². The van der Waals surface area contributed by atoms with Gasteiger partial charge in [-0.15, -0.1) is 0 Å². The van der Waals surface area contributed by atoms with E-state index < -0.39 is 58.4 Å². The summed E-state index contributed by atoms with van der Waals surface area (Å²) >= 11 is 0. The van der Waals surface area contributed by atoms with Gasteiger partial charge in [-0.2, -0.15) is 0 Å². The Morgan fingerprint density at radius 2 is 1.11 bits per heavy atom. The lowest BCUT2D eigenvalue weighted by atomic mass is 9.95. The van der Waals surface area contributed by atoms with Crippen LogP contribution in [0.1, 0.15) is 80.2 Å². The van der Waals surface area contributed by atoms with Gasteiger partial charge in [0.2, 0.25) is 29.5 Å². The Kier molecular flexibility index (Phi) is 11.9. The van der Waals surface area contributed by atoms with Gasteiger partial charge in [0, 0.05) is 13.1 Å². The first-order valence-corrected chi connectivity index (χ1v) is 14.8. The Morgan fingerprint density at radius 1 is 0.659 bits per heavy atom. The highest BCUT2D eigenvalue weighted by Crippen LogP contribution is 2.17. The molecule has 0 saturated carbocycles. The molecule has 244 valence electrons. The van der Waals surface area contributed by atoms with Crippen LogP contribution < -0.4 is 26.6 Å². The molecule has 1 aliphatic heterocycles. The maximum atomic E-state index is 13.2. The molecule has 0 radical (unpaired) electrons. The zero-order valence-corrected chi connectivity index (χ0v) is 27.1. The van der Waals surface area contributed by atoms with Crippen LogP contribution in [0.3, 0.4) is 0 Å². The van der Waals surface area contributed by atoms with Gasteiger partial charge >= 0.3 is 6.09 Å². The van der Waals surface area contributed by atoms with Crippen molar-refractivity contribution in [1.82, 2.24) is 31.5 Å². The first-order chi connectivity index (χ1) is 20.3. The summed E-state index contributed by atoms with van der Waals surface area (Å²) in [4.78, 5) is 78.7. The molecule has 44 heavy (non-hydrogen) atoms. The van der Waals surface area contributed by atoms with E-state index in [1.807, 2.05) is 18.2 Å². The van der Waals surface area contributed by atoms with Gasteiger partial charge in [-0.1, -0.05) is 30.3 Å². The summed E-state index contributed by atoms with van der Waals surface area (Å²) in [7, 11) is 0. The van der Waals surface area contributed by atoms with E-state index in [-0.39, 0.29) is 12.5 Å². The molecule has 1 saturated heterocycles. The van der Waals surface area contributed by atoms with Gasteiger partial charge in [-0.05, 0) is 80.2 Å². The molecule has 1 heterocycles. The molecule has 13 heteroatoms. The number of rotatable bonds is 12. The molecule has 6 amide bonds. The van der Waals surface area contributed by atoms with Crippen LogP contribution in [0.25, 0.3) is 0 Å². The van der Waals surface area contributed by atoms with E-state index in [1.165, 1.54) is 41.5 Å². The highest BCUT2D eigenvalue weighted by atomic mass is 16.5. The molecule has 0 atom stereocenters. The van der Waals surface area contributed by atoms with E-state index in [9.17, 15) is 28.8 Å². The monoisotopic (exact) mass is 616 g/mol. The highest BCUT2D eigenvalue weighted by Gasteiger charge is 2.42. The fourth-order valence-corrected chi connectivity index (χ4v) is 4.36. The maximum Gasteiger partial charge on any atom is 0.407 e. The number of likely N-dealkylation sites (tertiary alicyclic amines) is 1. The van der Waals surface area contributed by atoms with Gasteiger partial charge in [0.1, 0.15) is 35.3 Å². The van der Waals surface area contributed by atoms with Crippen molar-refractivity contribution in [2.45, 2.75) is 103 Å². The lowest BCUT2D eigenvalue weighted by Crippen LogP contribution is -2.68. The second-order valence-corrected chi connectivity index (χ2v) is 13.2. The number of benzene rings is 1. The maximum absolute atomic E-state index is 13.2. The first-order valence-electron chi connectivity index (χ1n) is 14.8. The predicted molar refractivity (Wildman–Crippen MR) is 164 cm³/mol. The van der Waals surface area contributed by atoms with Gasteiger partial charge in [-0.25, -0.2) is 4.79 Å². The number of nitrogens with zero attached hydrogens (tertiary/aromatic N) is 1. The number of amides is 6. The molecular weight excluding hydrogens is 568 g/mol. The van der Waals surface area contributed by atoms with E-state index in [0.29, 0.717) is 13.1 Å². The summed E-state index contributed by atoms with van der Waals surface area (Å²) in [6.07, 6.45) is 2.10. The van der Waals surface area contributed by atoms with Crippen LogP contribution >= 0.6 is 0 Å². The van der Waals surface area contributed by atoms with Crippen LogP contribution in [0.5, 0.6) is 0 Å². The minimum Gasteiger partial charge on any atom is -0.445 e. The van der Waals surface area contributed by atoms with Gasteiger partial charge in [0.15, 0.2) is 0 Å². The van der Waals surface area contributed by atoms with E-state index in [0.717, 1.165) is 24.8 Å². The molecule has 1 aliphatic rings. The summed E-state index contributed by atoms with van der Waals surface area (Å²) in [5.41, 5.74) is -4.78. The number of nitrogens with one attached hydrogen (secondary N) is 5. The van der Waals surface area contributed by atoms with Crippen molar-refractivity contribution >= 4 is 35.6 Å². The van der Waals surface area contributed by atoms with Crippen LogP contribution in [-0.2, 0) is 35.3 Å². The molecule has 0 bridgehead atoms. The Morgan fingerprint density at radius 3 is 1.61 bits per heavy atom. The summed E-state index contributed by atoms with van der Waals surface area (Å²) in [6.45, 7) is 12.9. The molecule has 2 rings (SSSR count). The van der Waals surface area contributed by atoms with Gasteiger partial charge in [0.05, 0.1) is 0 Å². The molecule has 5 N–H and O–H groups in total. The van der Waals surface area contributed by atoms with Crippen molar-refractivity contribution in [3.63, 3.8) is 0 Å². The van der Waals surface area contributed by atoms with Crippen molar-refractivity contribution in [3.8, 4) is 0 Å². The smallest absolute Gasteiger partial charge is 0.407 e. The third kappa shape index (κ3) is 10.5. The number of piperidine rings is 1. The van der Waals surface area contributed by atoms with Crippen molar-refractivity contribution in [1.29, 1.82) is 0 Å². The van der Waals surface area contributed by atoms with Crippen LogP contribution in [0, 0.1) is 0 Å². The van der Waals surface area contributed by atoms with Gasteiger partial charge in [0.25, 0.3) is 0 Å². The van der Waals surface area contributed by atoms with E-state index in [2.05, 4.69) is 26.6 Å². The molecule has 1 fully saturated rings. The van der Waals surface area contributed by atoms with Crippen molar-refractivity contribution < 1.29 is 33.5 Å². The van der Waals surface area contributed by atoms with E-state index in [4.69, 9.17) is 4.74 Å².